The lowest BCUT2D eigenvalue weighted by Crippen LogP contribution is -2.33. The molecule has 3 nitrogen and oxygen atoms in total. The Morgan fingerprint density at radius 1 is 1.24 bits per heavy atom. The van der Waals surface area contributed by atoms with Crippen molar-refractivity contribution in [1.29, 1.82) is 0 Å². The summed E-state index contributed by atoms with van der Waals surface area (Å²) < 4.78 is 0. The summed E-state index contributed by atoms with van der Waals surface area (Å²) in [4.78, 5) is 6.92. The van der Waals surface area contributed by atoms with Gasteiger partial charge in [-0.05, 0) is 49.1 Å². The van der Waals surface area contributed by atoms with E-state index < -0.39 is 0 Å². The van der Waals surface area contributed by atoms with Crippen LogP contribution in [0.25, 0.3) is 0 Å². The number of nitrogen functional groups attached to an aromatic ring is 1. The maximum absolute atomic E-state index is 5.85. The lowest BCUT2D eigenvalue weighted by Gasteiger charge is -2.36. The summed E-state index contributed by atoms with van der Waals surface area (Å²) in [5.41, 5.74) is 9.62. The highest BCUT2D eigenvalue weighted by atomic mass is 15.2. The Bertz CT molecular complexity index is 595. The van der Waals surface area contributed by atoms with E-state index in [0.29, 0.717) is 11.9 Å². The molecule has 1 aromatic heterocycles. The van der Waals surface area contributed by atoms with Crippen LogP contribution >= 0.6 is 0 Å². The number of hydrogen-bond acceptors (Lipinski definition) is 3. The normalized spacial score (nSPS) is 19.6. The van der Waals surface area contributed by atoms with E-state index in [1.165, 1.54) is 30.4 Å². The van der Waals surface area contributed by atoms with Crippen LogP contribution in [0.4, 0.5) is 5.82 Å². The van der Waals surface area contributed by atoms with Crippen molar-refractivity contribution < 1.29 is 0 Å². The van der Waals surface area contributed by atoms with Gasteiger partial charge in [-0.2, -0.15) is 0 Å². The van der Waals surface area contributed by atoms with Crippen LogP contribution in [0.5, 0.6) is 0 Å². The van der Waals surface area contributed by atoms with E-state index in [-0.39, 0.29) is 0 Å². The zero-order valence-electron chi connectivity index (χ0n) is 12.6. The predicted molar refractivity (Wildman–Crippen MR) is 86.8 cm³/mol. The third-order valence-corrected chi connectivity index (χ3v) is 4.37. The fourth-order valence-electron chi connectivity index (χ4n) is 3.16. The van der Waals surface area contributed by atoms with E-state index in [4.69, 9.17) is 5.73 Å². The largest absolute Gasteiger partial charge is 0.383 e. The molecule has 0 saturated carbocycles. The Morgan fingerprint density at radius 3 is 2.81 bits per heavy atom. The third kappa shape index (κ3) is 3.24. The summed E-state index contributed by atoms with van der Waals surface area (Å²) in [6.45, 7) is 4.20. The first-order chi connectivity index (χ1) is 10.2. The van der Waals surface area contributed by atoms with E-state index >= 15 is 0 Å². The molecule has 3 heteroatoms. The quantitative estimate of drug-likeness (QED) is 0.932. The van der Waals surface area contributed by atoms with Gasteiger partial charge in [0.25, 0.3) is 0 Å². The molecule has 0 amide bonds. The molecule has 110 valence electrons. The molecule has 1 fully saturated rings. The van der Waals surface area contributed by atoms with Crippen LogP contribution in [-0.4, -0.2) is 16.4 Å². The molecule has 1 aromatic carbocycles. The number of rotatable bonds is 3. The zero-order chi connectivity index (χ0) is 14.7. The highest BCUT2D eigenvalue weighted by Gasteiger charge is 2.24. The van der Waals surface area contributed by atoms with Crippen LogP contribution in [0.3, 0.4) is 0 Å². The molecule has 3 rings (SSSR count). The number of aromatic nitrogens is 1. The minimum absolute atomic E-state index is 0.464. The van der Waals surface area contributed by atoms with Crippen molar-refractivity contribution in [1.82, 2.24) is 9.88 Å². The number of aryl methyl sites for hydroxylation is 1. The smallest absolute Gasteiger partial charge is 0.126 e. The molecule has 0 bridgehead atoms. The fraction of sp³-hybridized carbons (Fsp3) is 0.389. The van der Waals surface area contributed by atoms with Crippen molar-refractivity contribution in [2.45, 2.75) is 38.8 Å². The van der Waals surface area contributed by atoms with Crippen LogP contribution in [-0.2, 0) is 6.54 Å². The molecule has 2 aromatic rings. The Hall–Kier alpha value is -1.87. The number of nitrogens with two attached hydrogens (primary N) is 1. The maximum Gasteiger partial charge on any atom is 0.126 e. The molecule has 1 aliphatic heterocycles. The van der Waals surface area contributed by atoms with E-state index in [0.717, 1.165) is 18.7 Å². The first-order valence-corrected chi connectivity index (χ1v) is 7.74. The summed E-state index contributed by atoms with van der Waals surface area (Å²) in [6.07, 6.45) is 5.73. The Kier molecular flexibility index (Phi) is 4.20. The lowest BCUT2D eigenvalue weighted by atomic mass is 9.95. The van der Waals surface area contributed by atoms with Crippen molar-refractivity contribution >= 4 is 5.82 Å². The van der Waals surface area contributed by atoms with Gasteiger partial charge in [0, 0.05) is 18.8 Å². The summed E-state index contributed by atoms with van der Waals surface area (Å²) >= 11 is 0. The third-order valence-electron chi connectivity index (χ3n) is 4.37. The number of hydrogen-bond donors (Lipinski definition) is 1. The van der Waals surface area contributed by atoms with Crippen LogP contribution in [0.15, 0.2) is 42.6 Å². The van der Waals surface area contributed by atoms with E-state index in [1.807, 2.05) is 13.1 Å². The summed E-state index contributed by atoms with van der Waals surface area (Å²) in [6, 6.07) is 13.4. The van der Waals surface area contributed by atoms with Gasteiger partial charge in [0.15, 0.2) is 0 Å². The van der Waals surface area contributed by atoms with Crippen molar-refractivity contribution in [3.63, 3.8) is 0 Å². The Balaban J connectivity index is 1.82. The molecule has 1 atom stereocenters. The molecule has 0 radical (unpaired) electrons. The standard InChI is InChI=1S/C18H23N3/c1-14-11-16(12-20-18(14)19)17-9-5-6-10-21(17)13-15-7-3-2-4-8-15/h2-4,7-8,11-12,17H,5-6,9-10,13H2,1H3,(H2,19,20)/t17-/m0/s1. The van der Waals surface area contributed by atoms with Gasteiger partial charge in [-0.15, -0.1) is 0 Å². The fourth-order valence-corrected chi connectivity index (χ4v) is 3.16. The second kappa shape index (κ2) is 6.27. The predicted octanol–water partition coefficient (Wildman–Crippen LogP) is 3.70. The molecule has 0 spiro atoms. The van der Waals surface area contributed by atoms with Gasteiger partial charge in [0.1, 0.15) is 5.82 Å². The maximum atomic E-state index is 5.85. The molecule has 0 aliphatic carbocycles. The van der Waals surface area contributed by atoms with Crippen molar-refractivity contribution in [2.75, 3.05) is 12.3 Å². The van der Waals surface area contributed by atoms with Gasteiger partial charge in [0.2, 0.25) is 0 Å². The molecule has 1 saturated heterocycles. The number of pyridine rings is 1. The molecule has 1 aliphatic rings. The van der Waals surface area contributed by atoms with Crippen LogP contribution in [0.1, 0.15) is 42.0 Å². The molecular weight excluding hydrogens is 258 g/mol. The highest BCUT2D eigenvalue weighted by Crippen LogP contribution is 2.32. The number of piperidine rings is 1. The van der Waals surface area contributed by atoms with E-state index in [9.17, 15) is 0 Å². The average Bonchev–Trinajstić information content (AvgIpc) is 2.52. The number of benzene rings is 1. The Morgan fingerprint density at radius 2 is 2.05 bits per heavy atom. The van der Waals surface area contributed by atoms with Gasteiger partial charge in [-0.25, -0.2) is 4.98 Å². The van der Waals surface area contributed by atoms with E-state index in [2.05, 4.69) is 46.3 Å². The first kappa shape index (κ1) is 14.1. The van der Waals surface area contributed by atoms with Crippen molar-refractivity contribution in [3.05, 3.63) is 59.3 Å². The van der Waals surface area contributed by atoms with Crippen LogP contribution in [0, 0.1) is 6.92 Å². The molecule has 2 heterocycles. The molecule has 0 unspecified atom stereocenters. The summed E-state index contributed by atoms with van der Waals surface area (Å²) in [5, 5.41) is 0. The van der Waals surface area contributed by atoms with Crippen molar-refractivity contribution in [2.24, 2.45) is 0 Å². The topological polar surface area (TPSA) is 42.2 Å². The van der Waals surface area contributed by atoms with Gasteiger partial charge >= 0.3 is 0 Å². The van der Waals surface area contributed by atoms with Gasteiger partial charge < -0.3 is 5.73 Å². The minimum Gasteiger partial charge on any atom is -0.383 e. The minimum atomic E-state index is 0.464. The second-order valence-electron chi connectivity index (χ2n) is 5.94. The molecular formula is C18H23N3. The van der Waals surface area contributed by atoms with Gasteiger partial charge in [-0.3, -0.25) is 4.90 Å². The van der Waals surface area contributed by atoms with Crippen LogP contribution in [0.2, 0.25) is 0 Å². The van der Waals surface area contributed by atoms with Crippen molar-refractivity contribution in [3.8, 4) is 0 Å². The summed E-state index contributed by atoms with van der Waals surface area (Å²) in [5.74, 6) is 0.643. The number of likely N-dealkylation sites (tertiary alicyclic amines) is 1. The highest BCUT2D eigenvalue weighted by molar-refractivity contribution is 5.40. The van der Waals surface area contributed by atoms with Gasteiger partial charge in [0.05, 0.1) is 0 Å². The molecule has 2 N–H and O–H groups in total. The molecule has 21 heavy (non-hydrogen) atoms. The zero-order valence-corrected chi connectivity index (χ0v) is 12.6. The lowest BCUT2D eigenvalue weighted by molar-refractivity contribution is 0.140. The van der Waals surface area contributed by atoms with Crippen LogP contribution < -0.4 is 5.73 Å². The van der Waals surface area contributed by atoms with Gasteiger partial charge in [-0.1, -0.05) is 36.8 Å². The monoisotopic (exact) mass is 281 g/mol. The second-order valence-corrected chi connectivity index (χ2v) is 5.94. The summed E-state index contributed by atoms with van der Waals surface area (Å²) in [7, 11) is 0. The average molecular weight is 281 g/mol. The Labute approximate surface area is 126 Å². The number of nitrogens with zero attached hydrogens (tertiary/aromatic N) is 2. The first-order valence-electron chi connectivity index (χ1n) is 7.74. The number of anilines is 1. The SMILES string of the molecule is Cc1cc([C@@H]2CCCCN2Cc2ccccc2)cnc1N. The van der Waals surface area contributed by atoms with E-state index in [1.54, 1.807) is 0 Å².